The van der Waals surface area contributed by atoms with Crippen molar-refractivity contribution in [1.29, 1.82) is 5.26 Å². The van der Waals surface area contributed by atoms with E-state index in [4.69, 9.17) is 5.26 Å². The van der Waals surface area contributed by atoms with Gasteiger partial charge in [0, 0.05) is 18.8 Å². The highest BCUT2D eigenvalue weighted by Crippen LogP contribution is 2.51. The van der Waals surface area contributed by atoms with Gasteiger partial charge in [0.2, 0.25) is 0 Å². The van der Waals surface area contributed by atoms with E-state index >= 15 is 0 Å². The van der Waals surface area contributed by atoms with Crippen molar-refractivity contribution in [1.82, 2.24) is 0 Å². The lowest BCUT2D eigenvalue weighted by Gasteiger charge is -2.20. The molecule has 76 valence electrons. The second-order valence-corrected chi connectivity index (χ2v) is 4.37. The second kappa shape index (κ2) is 2.96. The van der Waals surface area contributed by atoms with E-state index in [1.54, 1.807) is 12.1 Å². The van der Waals surface area contributed by atoms with E-state index in [9.17, 15) is 4.39 Å². The zero-order chi connectivity index (χ0) is 10.4. The Morgan fingerprint density at radius 3 is 2.67 bits per heavy atom. The number of nitrogens with zero attached hydrogens (tertiary/aromatic N) is 2. The van der Waals surface area contributed by atoms with Crippen molar-refractivity contribution in [3.05, 3.63) is 30.1 Å². The lowest BCUT2D eigenvalue weighted by Crippen LogP contribution is -2.23. The monoisotopic (exact) mass is 202 g/mol. The molecule has 1 saturated heterocycles. The molecule has 0 spiro atoms. The van der Waals surface area contributed by atoms with Crippen molar-refractivity contribution in [2.45, 2.75) is 0 Å². The van der Waals surface area contributed by atoms with Gasteiger partial charge in [0.25, 0.3) is 0 Å². The lowest BCUT2D eigenvalue weighted by atomic mass is 10.2. The Labute approximate surface area is 87.9 Å². The molecule has 1 aromatic rings. The molecule has 15 heavy (non-hydrogen) atoms. The maximum absolute atomic E-state index is 13.0. The fraction of sp³-hybridized carbons (Fsp3) is 0.417. The van der Waals surface area contributed by atoms with Crippen LogP contribution in [0.3, 0.4) is 0 Å². The number of fused-ring (bicyclic) bond motifs is 1. The molecule has 3 rings (SSSR count). The molecule has 0 unspecified atom stereocenters. The third-order valence-corrected chi connectivity index (χ3v) is 3.52. The summed E-state index contributed by atoms with van der Waals surface area (Å²) in [5, 5.41) is 8.78. The molecule has 1 saturated carbocycles. The summed E-state index contributed by atoms with van der Waals surface area (Å²) >= 11 is 0. The Morgan fingerprint density at radius 2 is 2.07 bits per heavy atom. The molecule has 3 heteroatoms. The van der Waals surface area contributed by atoms with Gasteiger partial charge in [-0.15, -0.1) is 0 Å². The minimum atomic E-state index is -0.190. The lowest BCUT2D eigenvalue weighted by molar-refractivity contribution is 0.626. The first-order valence-electron chi connectivity index (χ1n) is 5.20. The molecular weight excluding hydrogens is 191 g/mol. The van der Waals surface area contributed by atoms with Gasteiger partial charge < -0.3 is 4.90 Å². The summed E-state index contributed by atoms with van der Waals surface area (Å²) in [6, 6.07) is 9.00. The Kier molecular flexibility index (Phi) is 1.72. The number of anilines is 1. The van der Waals surface area contributed by atoms with E-state index in [2.05, 4.69) is 11.0 Å². The normalized spacial score (nSPS) is 32.3. The second-order valence-electron chi connectivity index (χ2n) is 4.37. The number of benzene rings is 1. The van der Waals surface area contributed by atoms with Gasteiger partial charge in [0.15, 0.2) is 0 Å². The maximum Gasteiger partial charge on any atom is 0.125 e. The SMILES string of the molecule is N#C[C@H]1[C@H]2CN(c3cccc(F)c3)C[C@@H]12. The number of piperidine rings is 1. The van der Waals surface area contributed by atoms with Gasteiger partial charge in [-0.1, -0.05) is 6.07 Å². The predicted octanol–water partition coefficient (Wildman–Crippen LogP) is 2.03. The van der Waals surface area contributed by atoms with Crippen LogP contribution < -0.4 is 4.90 Å². The summed E-state index contributed by atoms with van der Waals surface area (Å²) in [5.74, 6) is 1.12. The van der Waals surface area contributed by atoms with E-state index in [1.807, 2.05) is 6.07 Å². The first kappa shape index (κ1) is 8.72. The highest BCUT2D eigenvalue weighted by Gasteiger charge is 2.56. The third kappa shape index (κ3) is 1.29. The molecular formula is C12H11FN2. The number of hydrogen-bond donors (Lipinski definition) is 0. The molecule has 0 radical (unpaired) electrons. The molecule has 2 nitrogen and oxygen atoms in total. The zero-order valence-corrected chi connectivity index (χ0v) is 8.23. The zero-order valence-electron chi connectivity index (χ0n) is 8.23. The standard InChI is InChI=1S/C12H11FN2/c13-8-2-1-3-9(4-8)15-6-11-10(5-14)12(11)7-15/h1-4,10-12H,6-7H2/t10-,11+,12-. The van der Waals surface area contributed by atoms with Gasteiger partial charge in [0.1, 0.15) is 5.82 Å². The van der Waals surface area contributed by atoms with Gasteiger partial charge >= 0.3 is 0 Å². The van der Waals surface area contributed by atoms with Gasteiger partial charge in [-0.05, 0) is 30.0 Å². The van der Waals surface area contributed by atoms with Crippen molar-refractivity contribution in [3.8, 4) is 6.07 Å². The van der Waals surface area contributed by atoms with Crippen LogP contribution in [0.15, 0.2) is 24.3 Å². The summed E-state index contributed by atoms with van der Waals surface area (Å²) in [6.07, 6.45) is 0. The van der Waals surface area contributed by atoms with Crippen LogP contribution in [0.2, 0.25) is 0 Å². The van der Waals surface area contributed by atoms with Gasteiger partial charge in [0.05, 0.1) is 12.0 Å². The van der Waals surface area contributed by atoms with E-state index in [0.717, 1.165) is 18.8 Å². The highest BCUT2D eigenvalue weighted by atomic mass is 19.1. The summed E-state index contributed by atoms with van der Waals surface area (Å²) in [7, 11) is 0. The maximum atomic E-state index is 13.0. The van der Waals surface area contributed by atoms with E-state index in [-0.39, 0.29) is 11.7 Å². The van der Waals surface area contributed by atoms with Crippen LogP contribution in [0.5, 0.6) is 0 Å². The first-order chi connectivity index (χ1) is 7.29. The molecule has 0 N–H and O–H groups in total. The van der Waals surface area contributed by atoms with Crippen molar-refractivity contribution in [3.63, 3.8) is 0 Å². The van der Waals surface area contributed by atoms with Crippen molar-refractivity contribution < 1.29 is 4.39 Å². The van der Waals surface area contributed by atoms with Gasteiger partial charge in [-0.3, -0.25) is 0 Å². The Hall–Kier alpha value is -1.56. The molecule has 0 amide bonds. The molecule has 3 atom stereocenters. The Balaban J connectivity index is 1.75. The Morgan fingerprint density at radius 1 is 1.33 bits per heavy atom. The minimum Gasteiger partial charge on any atom is -0.371 e. The third-order valence-electron chi connectivity index (χ3n) is 3.52. The minimum absolute atomic E-state index is 0.190. The summed E-state index contributed by atoms with van der Waals surface area (Å²) in [5.41, 5.74) is 0.943. The van der Waals surface area contributed by atoms with Crippen LogP contribution >= 0.6 is 0 Å². The van der Waals surface area contributed by atoms with Crippen LogP contribution in [0.25, 0.3) is 0 Å². The molecule has 1 heterocycles. The van der Waals surface area contributed by atoms with E-state index < -0.39 is 0 Å². The molecule has 0 aromatic heterocycles. The van der Waals surface area contributed by atoms with Crippen LogP contribution in [0.1, 0.15) is 0 Å². The van der Waals surface area contributed by atoms with E-state index in [0.29, 0.717) is 11.8 Å². The molecule has 2 fully saturated rings. The molecule has 1 aliphatic carbocycles. The van der Waals surface area contributed by atoms with Crippen LogP contribution in [0, 0.1) is 34.9 Å². The number of halogens is 1. The topological polar surface area (TPSA) is 27.0 Å². The summed E-state index contributed by atoms with van der Waals surface area (Å²) in [6.45, 7) is 1.82. The van der Waals surface area contributed by atoms with Crippen LogP contribution in [-0.2, 0) is 0 Å². The van der Waals surface area contributed by atoms with Gasteiger partial charge in [-0.2, -0.15) is 5.26 Å². The molecule has 1 aromatic carbocycles. The number of rotatable bonds is 1. The van der Waals surface area contributed by atoms with Crippen molar-refractivity contribution in [2.24, 2.45) is 17.8 Å². The summed E-state index contributed by atoms with van der Waals surface area (Å²) in [4.78, 5) is 2.17. The summed E-state index contributed by atoms with van der Waals surface area (Å²) < 4.78 is 13.0. The quantitative estimate of drug-likeness (QED) is 0.696. The number of hydrogen-bond acceptors (Lipinski definition) is 2. The highest BCUT2D eigenvalue weighted by molar-refractivity contribution is 5.49. The van der Waals surface area contributed by atoms with Crippen LogP contribution in [-0.4, -0.2) is 13.1 Å². The van der Waals surface area contributed by atoms with Crippen molar-refractivity contribution in [2.75, 3.05) is 18.0 Å². The van der Waals surface area contributed by atoms with Gasteiger partial charge in [-0.25, -0.2) is 4.39 Å². The molecule has 2 aliphatic rings. The Bertz CT molecular complexity index is 425. The van der Waals surface area contributed by atoms with E-state index in [1.165, 1.54) is 6.07 Å². The fourth-order valence-corrected chi connectivity index (χ4v) is 2.60. The first-order valence-corrected chi connectivity index (χ1v) is 5.20. The van der Waals surface area contributed by atoms with Crippen LogP contribution in [0.4, 0.5) is 10.1 Å². The smallest absolute Gasteiger partial charge is 0.125 e. The fourth-order valence-electron chi connectivity index (χ4n) is 2.60. The molecule has 0 bridgehead atoms. The average Bonchev–Trinajstić information content (AvgIpc) is 2.70. The average molecular weight is 202 g/mol. The largest absolute Gasteiger partial charge is 0.371 e. The predicted molar refractivity (Wildman–Crippen MR) is 54.7 cm³/mol. The molecule has 1 aliphatic heterocycles. The number of nitriles is 1. The van der Waals surface area contributed by atoms with Crippen molar-refractivity contribution >= 4 is 5.69 Å².